The zero-order valence-corrected chi connectivity index (χ0v) is 35.4. The summed E-state index contributed by atoms with van der Waals surface area (Å²) in [4.78, 5) is 2.50. The zero-order valence-electron chi connectivity index (χ0n) is 35.4. The fourth-order valence-electron chi connectivity index (χ4n) is 10.8. The molecule has 0 N–H and O–H groups in total. The SMILES string of the molecule is CC1(C)c2ccccc2-c2cc(-c3ccccc3-c3ccccc3N(c3ccc(-c4ccc5oc6ccccc6c5c4)cc3)c3cccc4c3-c3ccccc3C4(C)C)ccc21. The summed E-state index contributed by atoms with van der Waals surface area (Å²) >= 11 is 0. The Bertz CT molecular complexity index is 3420. The molecular weight excluding hydrogens is 751 g/mol. The van der Waals surface area contributed by atoms with Gasteiger partial charge in [-0.15, -0.1) is 0 Å². The molecule has 1 aromatic heterocycles. The maximum atomic E-state index is 6.19. The van der Waals surface area contributed by atoms with Crippen LogP contribution in [0.25, 0.3) is 77.6 Å². The maximum Gasteiger partial charge on any atom is 0.135 e. The number of para-hydroxylation sites is 2. The summed E-state index contributed by atoms with van der Waals surface area (Å²) in [5.74, 6) is 0. The van der Waals surface area contributed by atoms with E-state index >= 15 is 0 Å². The molecule has 9 aromatic carbocycles. The molecule has 1 heterocycles. The quantitative estimate of drug-likeness (QED) is 0.167. The van der Waals surface area contributed by atoms with Gasteiger partial charge in [0, 0.05) is 38.4 Å². The van der Waals surface area contributed by atoms with Gasteiger partial charge in [0.15, 0.2) is 0 Å². The van der Waals surface area contributed by atoms with Crippen LogP contribution in [-0.2, 0) is 10.8 Å². The fourth-order valence-corrected chi connectivity index (χ4v) is 10.8. The van der Waals surface area contributed by atoms with E-state index in [1.165, 1.54) is 72.4 Å². The van der Waals surface area contributed by atoms with E-state index in [4.69, 9.17) is 4.42 Å². The van der Waals surface area contributed by atoms with E-state index in [2.05, 4.69) is 221 Å². The van der Waals surface area contributed by atoms with Crippen molar-refractivity contribution in [2.24, 2.45) is 0 Å². The number of hydrogen-bond donors (Lipinski definition) is 0. The molecule has 0 bridgehead atoms. The highest BCUT2D eigenvalue weighted by atomic mass is 16.3. The minimum absolute atomic E-state index is 0.0455. The highest BCUT2D eigenvalue weighted by Crippen LogP contribution is 2.56. The van der Waals surface area contributed by atoms with Crippen molar-refractivity contribution in [2.75, 3.05) is 4.90 Å². The van der Waals surface area contributed by atoms with Crippen LogP contribution in [0, 0.1) is 0 Å². The molecule has 0 atom stereocenters. The predicted octanol–water partition coefficient (Wildman–Crippen LogP) is 16.7. The monoisotopic (exact) mass is 795 g/mol. The van der Waals surface area contributed by atoms with E-state index in [9.17, 15) is 0 Å². The van der Waals surface area contributed by atoms with Crippen molar-refractivity contribution in [2.45, 2.75) is 38.5 Å². The van der Waals surface area contributed by atoms with Crippen LogP contribution < -0.4 is 4.90 Å². The minimum atomic E-state index is -0.139. The summed E-state index contributed by atoms with van der Waals surface area (Å²) in [5.41, 5.74) is 22.9. The van der Waals surface area contributed by atoms with Crippen molar-refractivity contribution in [3.05, 3.63) is 222 Å². The first-order chi connectivity index (χ1) is 30.3. The summed E-state index contributed by atoms with van der Waals surface area (Å²) in [7, 11) is 0. The lowest BCUT2D eigenvalue weighted by molar-refractivity contribution is 0.660. The molecule has 0 saturated carbocycles. The van der Waals surface area contributed by atoms with Crippen LogP contribution in [0.15, 0.2) is 205 Å². The normalized spacial score (nSPS) is 14.1. The van der Waals surface area contributed by atoms with E-state index in [1.54, 1.807) is 0 Å². The van der Waals surface area contributed by atoms with Gasteiger partial charge in [-0.05, 0) is 115 Å². The van der Waals surface area contributed by atoms with E-state index in [0.29, 0.717) is 0 Å². The smallest absolute Gasteiger partial charge is 0.135 e. The first-order valence-corrected chi connectivity index (χ1v) is 21.8. The summed E-state index contributed by atoms with van der Waals surface area (Å²) in [6.07, 6.45) is 0. The fraction of sp³-hybridized carbons (Fsp3) is 0.100. The molecule has 2 heteroatoms. The predicted molar refractivity (Wildman–Crippen MR) is 260 cm³/mol. The van der Waals surface area contributed by atoms with Gasteiger partial charge in [-0.2, -0.15) is 0 Å². The highest BCUT2D eigenvalue weighted by molar-refractivity contribution is 6.06. The van der Waals surface area contributed by atoms with Crippen molar-refractivity contribution in [1.29, 1.82) is 0 Å². The van der Waals surface area contributed by atoms with Crippen molar-refractivity contribution >= 4 is 39.0 Å². The average molecular weight is 796 g/mol. The van der Waals surface area contributed by atoms with Crippen LogP contribution >= 0.6 is 0 Å². The van der Waals surface area contributed by atoms with Gasteiger partial charge in [0.25, 0.3) is 0 Å². The molecule has 0 fully saturated rings. The van der Waals surface area contributed by atoms with E-state index in [0.717, 1.165) is 44.4 Å². The summed E-state index contributed by atoms with van der Waals surface area (Å²) in [5, 5.41) is 2.27. The maximum absolute atomic E-state index is 6.19. The van der Waals surface area contributed by atoms with E-state index in [1.807, 2.05) is 12.1 Å². The molecule has 0 spiro atoms. The molecule has 296 valence electrons. The Morgan fingerprint density at radius 3 is 1.69 bits per heavy atom. The number of benzene rings is 9. The second-order valence-electron chi connectivity index (χ2n) is 18.1. The molecule has 0 saturated heterocycles. The van der Waals surface area contributed by atoms with Gasteiger partial charge in [0.2, 0.25) is 0 Å². The Hall–Kier alpha value is -7.42. The third kappa shape index (κ3) is 5.36. The minimum Gasteiger partial charge on any atom is -0.456 e. The van der Waals surface area contributed by atoms with Gasteiger partial charge >= 0.3 is 0 Å². The second-order valence-corrected chi connectivity index (χ2v) is 18.1. The molecule has 0 unspecified atom stereocenters. The first kappa shape index (κ1) is 36.4. The number of rotatable bonds is 6. The number of hydrogen-bond acceptors (Lipinski definition) is 2. The molecule has 2 aliphatic rings. The van der Waals surface area contributed by atoms with Gasteiger partial charge in [0.05, 0.1) is 11.4 Å². The van der Waals surface area contributed by atoms with Gasteiger partial charge in [-0.1, -0.05) is 179 Å². The number of nitrogens with zero attached hydrogens (tertiary/aromatic N) is 1. The van der Waals surface area contributed by atoms with Crippen LogP contribution in [0.5, 0.6) is 0 Å². The Kier molecular flexibility index (Phi) is 7.96. The summed E-state index contributed by atoms with van der Waals surface area (Å²) < 4.78 is 6.19. The highest BCUT2D eigenvalue weighted by Gasteiger charge is 2.38. The average Bonchev–Trinajstić information content (AvgIpc) is 3.89. The lowest BCUT2D eigenvalue weighted by Crippen LogP contribution is -2.16. The largest absolute Gasteiger partial charge is 0.456 e. The lowest BCUT2D eigenvalue weighted by atomic mass is 9.82. The summed E-state index contributed by atoms with van der Waals surface area (Å²) in [6.45, 7) is 9.42. The van der Waals surface area contributed by atoms with Crippen LogP contribution in [0.1, 0.15) is 49.9 Å². The molecule has 0 radical (unpaired) electrons. The molecule has 12 rings (SSSR count). The van der Waals surface area contributed by atoms with Gasteiger partial charge in [-0.3, -0.25) is 0 Å². The molecule has 2 nitrogen and oxygen atoms in total. The van der Waals surface area contributed by atoms with Gasteiger partial charge in [0.1, 0.15) is 11.2 Å². The molecular formula is C60H45NO. The van der Waals surface area contributed by atoms with E-state index in [-0.39, 0.29) is 10.8 Å². The molecule has 2 aliphatic carbocycles. The molecule has 0 amide bonds. The Balaban J connectivity index is 1.04. The van der Waals surface area contributed by atoms with Crippen LogP contribution in [-0.4, -0.2) is 0 Å². The van der Waals surface area contributed by atoms with Crippen molar-refractivity contribution in [1.82, 2.24) is 0 Å². The van der Waals surface area contributed by atoms with Crippen molar-refractivity contribution in [3.8, 4) is 55.6 Å². The third-order valence-electron chi connectivity index (χ3n) is 13.9. The van der Waals surface area contributed by atoms with Crippen molar-refractivity contribution in [3.63, 3.8) is 0 Å². The Labute approximate surface area is 363 Å². The van der Waals surface area contributed by atoms with Crippen molar-refractivity contribution < 1.29 is 4.42 Å². The zero-order chi connectivity index (χ0) is 41.7. The van der Waals surface area contributed by atoms with Gasteiger partial charge in [-0.25, -0.2) is 0 Å². The lowest BCUT2D eigenvalue weighted by Gasteiger charge is -2.31. The number of furan rings is 1. The topological polar surface area (TPSA) is 16.4 Å². The molecule has 0 aliphatic heterocycles. The number of anilines is 3. The van der Waals surface area contributed by atoms with Gasteiger partial charge < -0.3 is 9.32 Å². The van der Waals surface area contributed by atoms with Crippen LogP contribution in [0.2, 0.25) is 0 Å². The second kappa shape index (κ2) is 13.5. The molecule has 62 heavy (non-hydrogen) atoms. The first-order valence-electron chi connectivity index (χ1n) is 21.8. The number of fused-ring (bicyclic) bond motifs is 9. The standard InChI is InChI=1S/C60H45NO/c1-59(2)50-22-11-7-18-44(50)48-37-40(30-34-52(48)59)42-16-5-6-17-43(42)45-19-9-13-25-54(45)61(55-26-15-24-53-58(55)47-21-8-12-23-51(47)60(53,3)4)41-32-28-38(29-33-41)39-31-35-57-49(36-39)46-20-10-14-27-56(46)62-57/h5-37H,1-4H3. The Morgan fingerprint density at radius 2 is 0.887 bits per heavy atom. The van der Waals surface area contributed by atoms with Crippen LogP contribution in [0.4, 0.5) is 17.1 Å². The molecule has 10 aromatic rings. The summed E-state index contributed by atoms with van der Waals surface area (Å²) in [6, 6.07) is 73.7. The van der Waals surface area contributed by atoms with Crippen LogP contribution in [0.3, 0.4) is 0 Å². The van der Waals surface area contributed by atoms with E-state index < -0.39 is 0 Å². The third-order valence-corrected chi connectivity index (χ3v) is 13.9. The Morgan fingerprint density at radius 1 is 0.339 bits per heavy atom.